The summed E-state index contributed by atoms with van der Waals surface area (Å²) in [6.07, 6.45) is 5.36. The van der Waals surface area contributed by atoms with E-state index < -0.39 is 5.54 Å². The molecule has 0 aliphatic carbocycles. The van der Waals surface area contributed by atoms with Crippen LogP contribution in [0.5, 0.6) is 0 Å². The van der Waals surface area contributed by atoms with Gasteiger partial charge >= 0.3 is 6.03 Å². The molecule has 3 amide bonds. The highest BCUT2D eigenvalue weighted by Crippen LogP contribution is 2.31. The Morgan fingerprint density at radius 2 is 1.93 bits per heavy atom. The third-order valence-corrected chi connectivity index (χ3v) is 5.94. The number of urea groups is 1. The Kier molecular flexibility index (Phi) is 6.04. The highest BCUT2D eigenvalue weighted by atomic mass is 16.2. The smallest absolute Gasteiger partial charge is 0.317 e. The number of piperidine rings is 2. The van der Waals surface area contributed by atoms with Crippen molar-refractivity contribution in [1.82, 2.24) is 25.3 Å². The lowest BCUT2D eigenvalue weighted by molar-refractivity contribution is -0.134. The Morgan fingerprint density at radius 1 is 1.26 bits per heavy atom. The van der Waals surface area contributed by atoms with Crippen molar-refractivity contribution in [2.24, 2.45) is 5.73 Å². The fraction of sp³-hybridized carbons (Fsp3) is 0.737. The molecule has 0 radical (unpaired) electrons. The minimum Gasteiger partial charge on any atom is -0.368 e. The van der Waals surface area contributed by atoms with E-state index in [1.165, 1.54) is 6.42 Å². The summed E-state index contributed by atoms with van der Waals surface area (Å²) in [6.45, 7) is 6.90. The van der Waals surface area contributed by atoms with E-state index in [1.54, 1.807) is 4.90 Å². The van der Waals surface area contributed by atoms with Gasteiger partial charge in [0.1, 0.15) is 5.54 Å². The number of nitrogens with two attached hydrogens (primary N) is 1. The van der Waals surface area contributed by atoms with E-state index in [9.17, 15) is 9.59 Å². The number of nitrogens with one attached hydrogen (secondary N) is 2. The highest BCUT2D eigenvalue weighted by Gasteiger charge is 2.45. The van der Waals surface area contributed by atoms with E-state index in [2.05, 4.69) is 20.4 Å². The maximum absolute atomic E-state index is 12.6. The van der Waals surface area contributed by atoms with Gasteiger partial charge in [-0.25, -0.2) is 4.79 Å². The van der Waals surface area contributed by atoms with Crippen LogP contribution in [0.25, 0.3) is 0 Å². The molecule has 3 rings (SSSR count). The molecule has 2 aliphatic heterocycles. The quantitative estimate of drug-likeness (QED) is 0.717. The largest absolute Gasteiger partial charge is 0.368 e. The second-order valence-corrected chi connectivity index (χ2v) is 8.03. The van der Waals surface area contributed by atoms with Gasteiger partial charge in [0.15, 0.2) is 0 Å². The summed E-state index contributed by atoms with van der Waals surface area (Å²) in [4.78, 5) is 29.0. The molecule has 0 spiro atoms. The third-order valence-electron chi connectivity index (χ3n) is 5.94. The number of carbonyl (C=O) groups is 2. The Bertz CT molecular complexity index is 659. The Hall–Kier alpha value is -2.09. The molecular weight excluding hydrogens is 344 g/mol. The number of likely N-dealkylation sites (tertiary alicyclic amines) is 2. The zero-order valence-electron chi connectivity index (χ0n) is 16.5. The highest BCUT2D eigenvalue weighted by molar-refractivity contribution is 5.85. The number of H-pyrrole nitrogens is 1. The lowest BCUT2D eigenvalue weighted by Crippen LogP contribution is -2.64. The first-order valence-corrected chi connectivity index (χ1v) is 10.0. The van der Waals surface area contributed by atoms with Crippen LogP contribution in [0.1, 0.15) is 50.4 Å². The normalized spacial score (nSPS) is 21.6. The van der Waals surface area contributed by atoms with Gasteiger partial charge in [-0.05, 0) is 58.7 Å². The summed E-state index contributed by atoms with van der Waals surface area (Å²) in [5, 5.41) is 10.2. The van der Waals surface area contributed by atoms with Crippen molar-refractivity contribution >= 4 is 11.9 Å². The summed E-state index contributed by atoms with van der Waals surface area (Å²) in [5.74, 6) is -0.244. The van der Waals surface area contributed by atoms with Crippen LogP contribution in [0.3, 0.4) is 0 Å². The number of aromatic amines is 1. The number of carbonyl (C=O) groups excluding carboxylic acids is 2. The van der Waals surface area contributed by atoms with Gasteiger partial charge in [-0.2, -0.15) is 5.10 Å². The topological polar surface area (TPSA) is 107 Å². The number of hydrogen-bond donors (Lipinski definition) is 3. The van der Waals surface area contributed by atoms with E-state index >= 15 is 0 Å². The Balaban J connectivity index is 1.53. The molecular formula is C19H32N6O2. The number of aromatic nitrogens is 2. The first kappa shape index (κ1) is 19.7. The summed E-state index contributed by atoms with van der Waals surface area (Å²) < 4.78 is 0. The maximum atomic E-state index is 12.6. The molecule has 2 saturated heterocycles. The molecule has 8 heteroatoms. The molecule has 3 heterocycles. The predicted octanol–water partition coefficient (Wildman–Crippen LogP) is 1.16. The van der Waals surface area contributed by atoms with Gasteiger partial charge in [0.25, 0.3) is 0 Å². The minimum absolute atomic E-state index is 0.00915. The molecule has 0 saturated carbocycles. The van der Waals surface area contributed by atoms with Gasteiger partial charge in [0.2, 0.25) is 5.91 Å². The number of amides is 3. The molecule has 2 aliphatic rings. The van der Waals surface area contributed by atoms with Gasteiger partial charge < -0.3 is 16.0 Å². The number of nitrogens with zero attached hydrogens (tertiary/aromatic N) is 3. The molecule has 8 nitrogen and oxygen atoms in total. The van der Waals surface area contributed by atoms with Gasteiger partial charge in [-0.15, -0.1) is 0 Å². The van der Waals surface area contributed by atoms with Crippen molar-refractivity contribution in [2.75, 3.05) is 26.2 Å². The fourth-order valence-corrected chi connectivity index (χ4v) is 4.37. The molecule has 0 aromatic carbocycles. The molecule has 1 atom stereocenters. The predicted molar refractivity (Wildman–Crippen MR) is 103 cm³/mol. The number of rotatable bonds is 5. The van der Waals surface area contributed by atoms with Gasteiger partial charge in [-0.3, -0.25) is 14.8 Å². The maximum Gasteiger partial charge on any atom is 0.317 e. The van der Waals surface area contributed by atoms with Crippen LogP contribution >= 0.6 is 0 Å². The second-order valence-electron chi connectivity index (χ2n) is 8.03. The third kappa shape index (κ3) is 4.43. The van der Waals surface area contributed by atoms with Crippen LogP contribution in [-0.2, 0) is 11.2 Å². The van der Waals surface area contributed by atoms with Crippen molar-refractivity contribution in [3.63, 3.8) is 0 Å². The fourth-order valence-electron chi connectivity index (χ4n) is 4.37. The lowest BCUT2D eigenvalue weighted by Gasteiger charge is -2.48. The van der Waals surface area contributed by atoms with Crippen molar-refractivity contribution in [1.29, 1.82) is 0 Å². The van der Waals surface area contributed by atoms with Crippen LogP contribution in [0.4, 0.5) is 4.79 Å². The van der Waals surface area contributed by atoms with Crippen LogP contribution in [-0.4, -0.2) is 69.7 Å². The van der Waals surface area contributed by atoms with E-state index in [0.717, 1.165) is 37.3 Å². The van der Waals surface area contributed by atoms with Crippen LogP contribution < -0.4 is 11.1 Å². The standard InChI is InChI=1S/C19H32N6O2/c1-14(12-16-13-15(2)22-23-16)21-18(27)24-10-6-19(7-11-24,17(20)26)25-8-4-3-5-9-25/h13-14H,3-12H2,1-2H3,(H2,20,26)(H,21,27)(H,22,23). The average molecular weight is 377 g/mol. The van der Waals surface area contributed by atoms with Gasteiger partial charge in [-0.1, -0.05) is 6.42 Å². The molecule has 27 heavy (non-hydrogen) atoms. The summed E-state index contributed by atoms with van der Waals surface area (Å²) >= 11 is 0. The van der Waals surface area contributed by atoms with Crippen LogP contribution in [0.2, 0.25) is 0 Å². The summed E-state index contributed by atoms with van der Waals surface area (Å²) in [7, 11) is 0. The monoisotopic (exact) mass is 376 g/mol. The SMILES string of the molecule is Cc1cc(CC(C)NC(=O)N2CCC(C(N)=O)(N3CCCCC3)CC2)n[nH]1. The van der Waals surface area contributed by atoms with Crippen molar-refractivity contribution in [3.8, 4) is 0 Å². The zero-order valence-corrected chi connectivity index (χ0v) is 16.5. The van der Waals surface area contributed by atoms with Crippen molar-refractivity contribution < 1.29 is 9.59 Å². The molecule has 2 fully saturated rings. The number of aryl methyl sites for hydroxylation is 1. The van der Waals surface area contributed by atoms with Crippen molar-refractivity contribution in [3.05, 3.63) is 17.5 Å². The molecule has 150 valence electrons. The van der Waals surface area contributed by atoms with Crippen LogP contribution in [0.15, 0.2) is 6.07 Å². The van der Waals surface area contributed by atoms with E-state index in [4.69, 9.17) is 5.73 Å². The average Bonchev–Trinajstić information content (AvgIpc) is 3.06. The van der Waals surface area contributed by atoms with Crippen LogP contribution in [0, 0.1) is 6.92 Å². The molecule has 1 aromatic rings. The van der Waals surface area contributed by atoms with E-state index in [1.807, 2.05) is 19.9 Å². The molecule has 4 N–H and O–H groups in total. The molecule has 0 bridgehead atoms. The summed E-state index contributed by atoms with van der Waals surface area (Å²) in [6, 6.07) is 1.90. The molecule has 1 aromatic heterocycles. The Morgan fingerprint density at radius 3 is 2.48 bits per heavy atom. The number of primary amides is 1. The van der Waals surface area contributed by atoms with Gasteiger partial charge in [0.05, 0.1) is 5.69 Å². The zero-order chi connectivity index (χ0) is 19.4. The van der Waals surface area contributed by atoms with Gasteiger partial charge in [0, 0.05) is 31.2 Å². The minimum atomic E-state index is -0.588. The first-order valence-electron chi connectivity index (χ1n) is 10.0. The first-order chi connectivity index (χ1) is 12.9. The number of hydrogen-bond acceptors (Lipinski definition) is 4. The van der Waals surface area contributed by atoms with E-state index in [-0.39, 0.29) is 18.0 Å². The second kappa shape index (κ2) is 8.29. The molecule has 1 unspecified atom stereocenters. The van der Waals surface area contributed by atoms with E-state index in [0.29, 0.717) is 32.4 Å². The lowest BCUT2D eigenvalue weighted by atomic mass is 9.83. The van der Waals surface area contributed by atoms with Crippen molar-refractivity contribution in [2.45, 2.75) is 64.0 Å². The Labute approximate surface area is 160 Å². The summed E-state index contributed by atoms with van der Waals surface area (Å²) in [5.41, 5.74) is 7.18.